The van der Waals surface area contributed by atoms with Gasteiger partial charge in [-0.2, -0.15) is 0 Å². The molecule has 0 saturated heterocycles. The van der Waals surface area contributed by atoms with Crippen LogP contribution in [0.4, 0.5) is 17.1 Å². The number of halogens is 1. The molecule has 0 spiro atoms. The highest BCUT2D eigenvalue weighted by molar-refractivity contribution is 5.62. The Kier molecular flexibility index (Phi) is 8.43. The topological polar surface area (TPSA) is 9.72 Å². The van der Waals surface area contributed by atoms with Crippen LogP contribution >= 0.6 is 0 Å². The van der Waals surface area contributed by atoms with Crippen LogP contribution in [0.3, 0.4) is 0 Å². The van der Waals surface area contributed by atoms with Crippen LogP contribution in [0.2, 0.25) is 0 Å². The predicted molar refractivity (Wildman–Crippen MR) is 149 cm³/mol. The van der Waals surface area contributed by atoms with E-state index >= 15 is 0 Å². The molecule has 4 heteroatoms. The molecule has 0 unspecified atom stereocenters. The van der Waals surface area contributed by atoms with E-state index in [2.05, 4.69) is 104 Å². The van der Waals surface area contributed by atoms with E-state index in [1.54, 1.807) is 0 Å². The molecular formula is C31H41ClN3-. The summed E-state index contributed by atoms with van der Waals surface area (Å²) in [5.74, 6) is 0.247. The van der Waals surface area contributed by atoms with Crippen molar-refractivity contribution in [3.05, 3.63) is 88.0 Å². The standard InChI is InChI=1S/C30H37N3.CH4.ClH/c1-21-18-26(31(2)3)12-13-27(21)30(24-10-14-28-22(19-24)8-6-16-32(28)4)25-11-15-29-23(20-25)9-7-17-33(29)5;;/h10-15,18-20,30H,6-9,16-17H2,1-5H3;1H4;1H/p-1. The van der Waals surface area contributed by atoms with Crippen LogP contribution < -0.4 is 27.1 Å². The number of hydrogen-bond acceptors (Lipinski definition) is 3. The molecule has 0 aromatic heterocycles. The lowest BCUT2D eigenvalue weighted by Gasteiger charge is -2.31. The lowest BCUT2D eigenvalue weighted by molar-refractivity contribution is -0.00000715. The summed E-state index contributed by atoms with van der Waals surface area (Å²) in [5, 5.41) is 0. The molecule has 3 aromatic carbocycles. The molecule has 0 radical (unpaired) electrons. The first-order chi connectivity index (χ1) is 15.9. The first-order valence-electron chi connectivity index (χ1n) is 12.4. The van der Waals surface area contributed by atoms with Crippen LogP contribution in [-0.2, 0) is 12.8 Å². The van der Waals surface area contributed by atoms with Crippen molar-refractivity contribution in [3.63, 3.8) is 0 Å². The molecule has 35 heavy (non-hydrogen) atoms. The van der Waals surface area contributed by atoms with Gasteiger partial charge >= 0.3 is 0 Å². The van der Waals surface area contributed by atoms with E-state index in [1.807, 2.05) is 0 Å². The van der Waals surface area contributed by atoms with Crippen molar-refractivity contribution in [2.45, 2.75) is 46.0 Å². The van der Waals surface area contributed by atoms with Gasteiger partial charge in [-0.15, -0.1) is 0 Å². The van der Waals surface area contributed by atoms with Gasteiger partial charge < -0.3 is 27.1 Å². The van der Waals surface area contributed by atoms with Crippen LogP contribution in [0.15, 0.2) is 54.6 Å². The molecule has 2 aliphatic rings. The summed E-state index contributed by atoms with van der Waals surface area (Å²) in [4.78, 5) is 7.00. The van der Waals surface area contributed by atoms with Crippen LogP contribution in [0, 0.1) is 6.92 Å². The summed E-state index contributed by atoms with van der Waals surface area (Å²) < 4.78 is 0. The summed E-state index contributed by atoms with van der Waals surface area (Å²) in [6.45, 7) is 4.58. The second kappa shape index (κ2) is 11.0. The molecule has 0 aliphatic carbocycles. The first-order valence-corrected chi connectivity index (χ1v) is 12.4. The third-order valence-corrected chi connectivity index (χ3v) is 7.66. The first kappa shape index (κ1) is 26.9. The second-order valence-electron chi connectivity index (χ2n) is 10.2. The Hall–Kier alpha value is -2.65. The highest BCUT2D eigenvalue weighted by atomic mass is 35.5. The number of anilines is 3. The van der Waals surface area contributed by atoms with Gasteiger partial charge in [-0.1, -0.05) is 37.8 Å². The van der Waals surface area contributed by atoms with Gasteiger partial charge in [-0.3, -0.25) is 0 Å². The lowest BCUT2D eigenvalue weighted by Crippen LogP contribution is -3.00. The predicted octanol–water partition coefficient (Wildman–Crippen LogP) is 3.65. The summed E-state index contributed by atoms with van der Waals surface area (Å²) in [6.07, 6.45) is 4.82. The van der Waals surface area contributed by atoms with Gasteiger partial charge in [0.25, 0.3) is 0 Å². The van der Waals surface area contributed by atoms with E-state index in [1.165, 1.54) is 76.1 Å². The third-order valence-electron chi connectivity index (χ3n) is 7.66. The largest absolute Gasteiger partial charge is 1.00 e. The molecule has 2 heterocycles. The van der Waals surface area contributed by atoms with Crippen molar-refractivity contribution in [2.24, 2.45) is 0 Å². The van der Waals surface area contributed by atoms with Crippen LogP contribution in [0.1, 0.15) is 59.6 Å². The van der Waals surface area contributed by atoms with Gasteiger partial charge in [-0.25, -0.2) is 0 Å². The van der Waals surface area contributed by atoms with E-state index in [0.29, 0.717) is 0 Å². The minimum atomic E-state index is 0. The van der Waals surface area contributed by atoms with Crippen molar-refractivity contribution in [1.82, 2.24) is 0 Å². The van der Waals surface area contributed by atoms with Gasteiger partial charge in [0.15, 0.2) is 0 Å². The van der Waals surface area contributed by atoms with Gasteiger partial charge in [-0.05, 0) is 90.3 Å². The molecule has 0 bridgehead atoms. The molecule has 3 nitrogen and oxygen atoms in total. The smallest absolute Gasteiger partial charge is 0.0396 e. The molecule has 0 saturated carbocycles. The quantitative estimate of drug-likeness (QED) is 0.517. The maximum atomic E-state index is 2.49. The number of fused-ring (bicyclic) bond motifs is 2. The SMILES string of the molecule is C.Cc1cc(N(C)C)ccc1C(c1ccc2c(c1)CCCN2C)c1ccc2c(c1)CCCN2C.[Cl-]. The minimum Gasteiger partial charge on any atom is -1.00 e. The number of nitrogens with zero attached hydrogens (tertiary/aromatic N) is 3. The van der Waals surface area contributed by atoms with E-state index < -0.39 is 0 Å². The van der Waals surface area contributed by atoms with Crippen molar-refractivity contribution < 1.29 is 12.4 Å². The summed E-state index contributed by atoms with van der Waals surface area (Å²) in [7, 11) is 8.68. The zero-order chi connectivity index (χ0) is 23.1. The number of hydrogen-bond donors (Lipinski definition) is 0. The Balaban J connectivity index is 0.00000171. The fraction of sp³-hybridized carbons (Fsp3) is 0.419. The van der Waals surface area contributed by atoms with Crippen molar-refractivity contribution >= 4 is 17.1 Å². The molecular weight excluding hydrogens is 450 g/mol. The summed E-state index contributed by atoms with van der Waals surface area (Å²) in [6, 6.07) is 21.4. The number of aryl methyl sites for hydroxylation is 3. The van der Waals surface area contributed by atoms with E-state index in [9.17, 15) is 0 Å². The van der Waals surface area contributed by atoms with Gasteiger partial charge in [0, 0.05) is 64.3 Å². The molecule has 0 atom stereocenters. The third kappa shape index (κ3) is 5.16. The molecule has 0 N–H and O–H groups in total. The van der Waals surface area contributed by atoms with Gasteiger partial charge in [0.1, 0.15) is 0 Å². The number of rotatable bonds is 4. The fourth-order valence-corrected chi connectivity index (χ4v) is 5.78. The fourth-order valence-electron chi connectivity index (χ4n) is 5.78. The average molecular weight is 491 g/mol. The maximum absolute atomic E-state index is 2.49. The minimum absolute atomic E-state index is 0. The monoisotopic (exact) mass is 490 g/mol. The van der Waals surface area contributed by atoms with E-state index in [4.69, 9.17) is 0 Å². The van der Waals surface area contributed by atoms with Gasteiger partial charge in [0.2, 0.25) is 0 Å². The Morgan fingerprint density at radius 3 is 1.71 bits per heavy atom. The highest BCUT2D eigenvalue weighted by Gasteiger charge is 2.24. The lowest BCUT2D eigenvalue weighted by atomic mass is 9.80. The van der Waals surface area contributed by atoms with E-state index in [-0.39, 0.29) is 25.8 Å². The van der Waals surface area contributed by atoms with Crippen LogP contribution in [0.5, 0.6) is 0 Å². The average Bonchev–Trinajstić information content (AvgIpc) is 2.80. The molecule has 188 valence electrons. The zero-order valence-corrected chi connectivity index (χ0v) is 22.0. The molecule has 0 amide bonds. The van der Waals surface area contributed by atoms with Crippen molar-refractivity contribution in [1.29, 1.82) is 0 Å². The Labute approximate surface area is 219 Å². The van der Waals surface area contributed by atoms with Crippen LogP contribution in [-0.4, -0.2) is 41.3 Å². The Bertz CT molecular complexity index is 1110. The van der Waals surface area contributed by atoms with E-state index in [0.717, 1.165) is 13.1 Å². The summed E-state index contributed by atoms with van der Waals surface area (Å²) in [5.41, 5.74) is 12.6. The Morgan fingerprint density at radius 2 is 1.26 bits per heavy atom. The highest BCUT2D eigenvalue weighted by Crippen LogP contribution is 2.40. The summed E-state index contributed by atoms with van der Waals surface area (Å²) >= 11 is 0. The number of benzene rings is 3. The van der Waals surface area contributed by atoms with Crippen molar-refractivity contribution in [3.8, 4) is 0 Å². The Morgan fingerprint density at radius 1 is 0.743 bits per heavy atom. The second-order valence-corrected chi connectivity index (χ2v) is 10.2. The molecule has 0 fully saturated rings. The molecule has 5 rings (SSSR count). The van der Waals surface area contributed by atoms with Gasteiger partial charge in [0.05, 0.1) is 0 Å². The van der Waals surface area contributed by atoms with Crippen molar-refractivity contribution in [2.75, 3.05) is 56.0 Å². The van der Waals surface area contributed by atoms with Crippen LogP contribution in [0.25, 0.3) is 0 Å². The maximum Gasteiger partial charge on any atom is 0.0396 e. The molecule has 2 aliphatic heterocycles. The zero-order valence-electron chi connectivity index (χ0n) is 21.2. The normalized spacial score (nSPS) is 14.6. The molecule has 3 aromatic rings.